The summed E-state index contributed by atoms with van der Waals surface area (Å²) in [6.45, 7) is -0.472. The molecule has 5 nitrogen and oxygen atoms in total. The van der Waals surface area contributed by atoms with Crippen LogP contribution >= 0.6 is 23.2 Å². The molecule has 7 heteroatoms. The van der Waals surface area contributed by atoms with Gasteiger partial charge in [-0.3, -0.25) is 14.5 Å². The van der Waals surface area contributed by atoms with Gasteiger partial charge in [0.1, 0.15) is 16.9 Å². The molecule has 0 unspecified atom stereocenters. The lowest BCUT2D eigenvalue weighted by Crippen LogP contribution is -2.35. The van der Waals surface area contributed by atoms with Crippen LogP contribution < -0.4 is 4.90 Å². The van der Waals surface area contributed by atoms with Crippen molar-refractivity contribution in [2.24, 2.45) is 0 Å². The number of anilines is 1. The monoisotopic (exact) mass is 324 g/mol. The van der Waals surface area contributed by atoms with Gasteiger partial charge in [0.15, 0.2) is 0 Å². The number of hydrogen-bond acceptors (Lipinski definition) is 3. The fraction of sp³-hybridized carbons (Fsp3) is 0.0714. The summed E-state index contributed by atoms with van der Waals surface area (Å²) in [6.07, 6.45) is 0. The second kappa shape index (κ2) is 6.56. The summed E-state index contributed by atoms with van der Waals surface area (Å²) in [5.74, 6) is -1.65. The van der Waals surface area contributed by atoms with Crippen molar-refractivity contribution in [3.63, 3.8) is 0 Å². The van der Waals surface area contributed by atoms with E-state index in [0.717, 1.165) is 4.90 Å². The number of carbonyl (C=O) groups excluding carboxylic acids is 1. The number of hydrogen-bond donors (Lipinski definition) is 1. The standard InChI is InChI=1S/C14H10Cl2N2O3/c15-11-6-9(7-12(16)17-11)14(21)18(8-13(19)20)10-4-2-1-3-5-10/h1-7H,8H2,(H,19,20). The molecule has 1 amide bonds. The molecule has 0 saturated heterocycles. The van der Waals surface area contributed by atoms with Crippen molar-refractivity contribution in [2.45, 2.75) is 0 Å². The molecule has 21 heavy (non-hydrogen) atoms. The molecule has 0 fully saturated rings. The first-order valence-electron chi connectivity index (χ1n) is 5.89. The molecular weight excluding hydrogens is 315 g/mol. The Labute approximate surface area is 130 Å². The lowest BCUT2D eigenvalue weighted by atomic mass is 10.2. The van der Waals surface area contributed by atoms with Gasteiger partial charge in [-0.2, -0.15) is 0 Å². The van der Waals surface area contributed by atoms with Gasteiger partial charge >= 0.3 is 5.97 Å². The summed E-state index contributed by atoms with van der Waals surface area (Å²) in [7, 11) is 0. The fourth-order valence-electron chi connectivity index (χ4n) is 1.77. The average Bonchev–Trinajstić information content (AvgIpc) is 2.44. The molecular formula is C14H10Cl2N2O3. The highest BCUT2D eigenvalue weighted by atomic mass is 35.5. The number of aromatic nitrogens is 1. The molecule has 0 bridgehead atoms. The lowest BCUT2D eigenvalue weighted by molar-refractivity contribution is -0.135. The number of amides is 1. The summed E-state index contributed by atoms with van der Waals surface area (Å²) >= 11 is 11.5. The quantitative estimate of drug-likeness (QED) is 0.877. The van der Waals surface area contributed by atoms with Gasteiger partial charge in [-0.1, -0.05) is 41.4 Å². The zero-order chi connectivity index (χ0) is 15.4. The maximum atomic E-state index is 12.5. The summed E-state index contributed by atoms with van der Waals surface area (Å²) in [4.78, 5) is 28.4. The van der Waals surface area contributed by atoms with Crippen molar-refractivity contribution in [1.82, 2.24) is 4.98 Å². The third-order valence-corrected chi connectivity index (χ3v) is 3.00. The Morgan fingerprint density at radius 1 is 1.10 bits per heavy atom. The van der Waals surface area contributed by atoms with Crippen molar-refractivity contribution < 1.29 is 14.7 Å². The van der Waals surface area contributed by atoms with Crippen molar-refractivity contribution in [3.8, 4) is 0 Å². The fourth-order valence-corrected chi connectivity index (χ4v) is 2.23. The van der Waals surface area contributed by atoms with Crippen LogP contribution in [0.3, 0.4) is 0 Å². The van der Waals surface area contributed by atoms with Gasteiger partial charge in [-0.25, -0.2) is 4.98 Å². The van der Waals surface area contributed by atoms with Crippen LogP contribution in [0.1, 0.15) is 10.4 Å². The summed E-state index contributed by atoms with van der Waals surface area (Å²) < 4.78 is 0. The predicted octanol–water partition coefficient (Wildman–Crippen LogP) is 3.12. The zero-order valence-electron chi connectivity index (χ0n) is 10.7. The van der Waals surface area contributed by atoms with E-state index in [1.54, 1.807) is 30.3 Å². The first-order chi connectivity index (χ1) is 9.97. The van der Waals surface area contributed by atoms with E-state index in [0.29, 0.717) is 5.69 Å². The smallest absolute Gasteiger partial charge is 0.323 e. The summed E-state index contributed by atoms with van der Waals surface area (Å²) in [5.41, 5.74) is 0.638. The van der Waals surface area contributed by atoms with Crippen molar-refractivity contribution >= 4 is 40.8 Å². The first kappa shape index (κ1) is 15.3. The molecule has 0 radical (unpaired) electrons. The van der Waals surface area contributed by atoms with Crippen LogP contribution in [-0.2, 0) is 4.79 Å². The third kappa shape index (κ3) is 3.93. The maximum Gasteiger partial charge on any atom is 0.323 e. The van der Waals surface area contributed by atoms with E-state index in [1.807, 2.05) is 0 Å². The lowest BCUT2D eigenvalue weighted by Gasteiger charge is -2.21. The normalized spacial score (nSPS) is 10.2. The second-order valence-electron chi connectivity index (χ2n) is 4.12. The van der Waals surface area contributed by atoms with E-state index in [2.05, 4.69) is 4.98 Å². The Hall–Kier alpha value is -2.11. The molecule has 1 N–H and O–H groups in total. The number of carbonyl (C=O) groups is 2. The molecule has 0 aliphatic rings. The summed E-state index contributed by atoms with van der Waals surface area (Å²) in [5, 5.41) is 9.12. The minimum absolute atomic E-state index is 0.0641. The number of halogens is 2. The van der Waals surface area contributed by atoms with Crippen LogP contribution in [0.4, 0.5) is 5.69 Å². The van der Waals surface area contributed by atoms with Crippen LogP contribution in [-0.4, -0.2) is 28.5 Å². The van der Waals surface area contributed by atoms with Gasteiger partial charge in [-0.15, -0.1) is 0 Å². The molecule has 0 atom stereocenters. The van der Waals surface area contributed by atoms with E-state index < -0.39 is 18.4 Å². The number of benzene rings is 1. The van der Waals surface area contributed by atoms with Crippen LogP contribution in [0.15, 0.2) is 42.5 Å². The second-order valence-corrected chi connectivity index (χ2v) is 4.90. The van der Waals surface area contributed by atoms with Gasteiger partial charge in [-0.05, 0) is 24.3 Å². The first-order valence-corrected chi connectivity index (χ1v) is 6.65. The molecule has 108 valence electrons. The number of nitrogens with zero attached hydrogens (tertiary/aromatic N) is 2. The van der Waals surface area contributed by atoms with Crippen molar-refractivity contribution in [3.05, 3.63) is 58.3 Å². The highest BCUT2D eigenvalue weighted by Crippen LogP contribution is 2.20. The number of rotatable bonds is 4. The van der Waals surface area contributed by atoms with Crippen LogP contribution in [0.5, 0.6) is 0 Å². The Morgan fingerprint density at radius 2 is 1.67 bits per heavy atom. The predicted molar refractivity (Wildman–Crippen MR) is 80.0 cm³/mol. The van der Waals surface area contributed by atoms with Gasteiger partial charge in [0.05, 0.1) is 0 Å². The largest absolute Gasteiger partial charge is 0.480 e. The number of pyridine rings is 1. The number of carboxylic acid groups (broad SMARTS) is 1. The highest BCUT2D eigenvalue weighted by Gasteiger charge is 2.21. The van der Waals surface area contributed by atoms with Gasteiger partial charge in [0, 0.05) is 11.3 Å². The molecule has 1 heterocycles. The topological polar surface area (TPSA) is 70.5 Å². The number of para-hydroxylation sites is 1. The van der Waals surface area contributed by atoms with Gasteiger partial charge < -0.3 is 5.11 Å². The van der Waals surface area contributed by atoms with E-state index in [-0.39, 0.29) is 15.9 Å². The molecule has 0 spiro atoms. The van der Waals surface area contributed by atoms with Crippen LogP contribution in [0.2, 0.25) is 10.3 Å². The summed E-state index contributed by atoms with van der Waals surface area (Å²) in [6, 6.07) is 11.2. The number of carboxylic acids is 1. The molecule has 2 aromatic rings. The van der Waals surface area contributed by atoms with Crippen molar-refractivity contribution in [1.29, 1.82) is 0 Å². The van der Waals surface area contributed by atoms with Crippen LogP contribution in [0.25, 0.3) is 0 Å². The average molecular weight is 325 g/mol. The Morgan fingerprint density at radius 3 is 2.19 bits per heavy atom. The zero-order valence-corrected chi connectivity index (χ0v) is 12.2. The van der Waals surface area contributed by atoms with Crippen molar-refractivity contribution in [2.75, 3.05) is 11.4 Å². The van der Waals surface area contributed by atoms with E-state index in [4.69, 9.17) is 28.3 Å². The third-order valence-electron chi connectivity index (χ3n) is 2.62. The SMILES string of the molecule is O=C(O)CN(C(=O)c1cc(Cl)nc(Cl)c1)c1ccccc1. The van der Waals surface area contributed by atoms with E-state index in [1.165, 1.54) is 12.1 Å². The minimum atomic E-state index is -1.13. The Bertz CT molecular complexity index is 657. The van der Waals surface area contributed by atoms with E-state index in [9.17, 15) is 9.59 Å². The Kier molecular flexibility index (Phi) is 4.77. The minimum Gasteiger partial charge on any atom is -0.480 e. The molecule has 0 aliphatic heterocycles. The number of aliphatic carboxylic acids is 1. The van der Waals surface area contributed by atoms with Crippen LogP contribution in [0, 0.1) is 0 Å². The highest BCUT2D eigenvalue weighted by molar-refractivity contribution is 6.33. The van der Waals surface area contributed by atoms with Gasteiger partial charge in [0.2, 0.25) is 0 Å². The Balaban J connectivity index is 2.41. The molecule has 1 aromatic heterocycles. The molecule has 1 aromatic carbocycles. The molecule has 0 saturated carbocycles. The van der Waals surface area contributed by atoms with Gasteiger partial charge in [0.25, 0.3) is 5.91 Å². The maximum absolute atomic E-state index is 12.5. The molecule has 2 rings (SSSR count). The van der Waals surface area contributed by atoms with E-state index >= 15 is 0 Å². The molecule has 0 aliphatic carbocycles.